The summed E-state index contributed by atoms with van der Waals surface area (Å²) >= 11 is 2.12. The second kappa shape index (κ2) is 88.8. The molecule has 4 heteroatoms. The number of nitrogens with zero attached hydrogens (tertiary/aromatic N) is 3. The van der Waals surface area contributed by atoms with Gasteiger partial charge in [0.25, 0.3) is 0 Å². The minimum absolute atomic E-state index is 0.953. The third-order valence-corrected chi connectivity index (χ3v) is 14.7. The van der Waals surface area contributed by atoms with Crippen molar-refractivity contribution in [3.8, 4) is 0 Å². The van der Waals surface area contributed by atoms with Gasteiger partial charge in [-0.2, -0.15) is 11.8 Å². The molecule has 0 radical (unpaired) electrons. The van der Waals surface area contributed by atoms with E-state index in [2.05, 4.69) is 89.1 Å². The second-order valence-corrected chi connectivity index (χ2v) is 21.7. The number of piperidine rings is 1. The zero-order valence-electron chi connectivity index (χ0n) is 57.7. The Morgan fingerprint density at radius 1 is 0.219 bits per heavy atom. The van der Waals surface area contributed by atoms with Gasteiger partial charge in [-0.1, -0.05) is 307 Å². The van der Waals surface area contributed by atoms with Crippen LogP contribution in [0.4, 0.5) is 0 Å². The Morgan fingerprint density at radius 2 is 0.425 bits per heavy atom. The summed E-state index contributed by atoms with van der Waals surface area (Å²) in [5.74, 6) is 6.66. The van der Waals surface area contributed by atoms with Gasteiger partial charge >= 0.3 is 0 Å². The summed E-state index contributed by atoms with van der Waals surface area (Å²) in [5.41, 5.74) is 0. The smallest absolute Gasteiger partial charge is 0.00187 e. The van der Waals surface area contributed by atoms with E-state index in [0.717, 1.165) is 34.8 Å². The minimum atomic E-state index is 0.953. The van der Waals surface area contributed by atoms with Gasteiger partial charge in [0.15, 0.2) is 0 Å². The first-order chi connectivity index (χ1) is 35.5. The molecule has 0 amide bonds. The highest BCUT2D eigenvalue weighted by Crippen LogP contribution is 2.27. The maximum Gasteiger partial charge on any atom is 0.00187 e. The van der Waals surface area contributed by atoms with E-state index in [1.807, 2.05) is 125 Å². The lowest BCUT2D eigenvalue weighted by Crippen LogP contribution is -2.32. The summed E-state index contributed by atoms with van der Waals surface area (Å²) in [6.07, 6.45) is 42.6. The lowest BCUT2D eigenvalue weighted by Gasteiger charge is -2.24. The Labute approximate surface area is 477 Å². The standard InChI is InChI=1S/C8H16.C7H14.C6H13N.C6H12S.C6H12.C5H11N.C5H10.C4H9N.C4H8.9C2H6/c1-8-6-4-2-3-5-7-8;2*1-7-5-3-2-4-6-7;1-6-4-2-3-5-7-6;2*1-6-4-2-3-5-6;2*1-5-3-2-4-5;1-4-2-3-4;9*1-2/h8H,2-7H2,1H3;7H,2-6H2,1H3;2-6H2,1H3;6H,2-5H2,1H3;6H,2-5H2,1H3;2-5H2,1H3;5H,2-4H2,1H3;2-4H2,1H3;4H,2-3H2,1H3;9*1-2H3. The Kier molecular flexibility index (Phi) is 113. The van der Waals surface area contributed by atoms with Crippen LogP contribution in [0.15, 0.2) is 0 Å². The maximum atomic E-state index is 2.39. The Hall–Kier alpha value is 0.230. The highest BCUT2D eigenvalue weighted by atomic mass is 32.2. The lowest BCUT2D eigenvalue weighted by atomic mass is 9.88. The van der Waals surface area contributed by atoms with Crippen molar-refractivity contribution in [2.75, 3.05) is 66.2 Å². The monoisotopic (exact) mass is 1060 g/mol. The third-order valence-electron chi connectivity index (χ3n) is 13.3. The average Bonchev–Trinajstić information content (AvgIpc) is 3.93. The quantitative estimate of drug-likeness (QED) is 0.224. The van der Waals surface area contributed by atoms with Crippen LogP contribution in [0.2, 0.25) is 0 Å². The first-order valence-electron chi connectivity index (χ1n) is 34.2. The lowest BCUT2D eigenvalue weighted by molar-refractivity contribution is 0.229. The van der Waals surface area contributed by atoms with E-state index in [4.69, 9.17) is 0 Å². The Balaban J connectivity index is -0.0000000871. The van der Waals surface area contributed by atoms with Crippen molar-refractivity contribution in [3.63, 3.8) is 0 Å². The number of hydrogen-bond donors (Lipinski definition) is 0. The van der Waals surface area contributed by atoms with Crippen LogP contribution < -0.4 is 0 Å². The molecule has 5 saturated carbocycles. The zero-order chi connectivity index (χ0) is 58.4. The van der Waals surface area contributed by atoms with Crippen LogP contribution in [-0.2, 0) is 0 Å². The van der Waals surface area contributed by atoms with Crippen LogP contribution in [-0.4, -0.2) is 86.1 Å². The fraction of sp³-hybridized carbons (Fsp3) is 1.00. The van der Waals surface area contributed by atoms with Gasteiger partial charge in [0, 0.05) is 5.25 Å². The van der Waals surface area contributed by atoms with E-state index in [-0.39, 0.29) is 0 Å². The number of rotatable bonds is 0. The van der Waals surface area contributed by atoms with E-state index >= 15 is 0 Å². The van der Waals surface area contributed by atoms with E-state index in [9.17, 15) is 0 Å². The molecule has 0 N–H and O–H groups in total. The number of likely N-dealkylation sites (tertiary alicyclic amines) is 3. The van der Waals surface area contributed by atoms with Crippen LogP contribution in [0.3, 0.4) is 0 Å². The summed E-state index contributed by atoms with van der Waals surface area (Å²) in [4.78, 5) is 7.06. The molecule has 4 aliphatic heterocycles. The molecule has 5 aliphatic carbocycles. The molecule has 4 saturated heterocycles. The molecular weight excluding hydrogens is 903 g/mol. The molecule has 456 valence electrons. The Bertz CT molecular complexity index is 680. The van der Waals surface area contributed by atoms with Crippen LogP contribution in [0.25, 0.3) is 0 Å². The van der Waals surface area contributed by atoms with Crippen LogP contribution in [0, 0.1) is 29.6 Å². The molecule has 9 aliphatic rings. The van der Waals surface area contributed by atoms with Crippen LogP contribution in [0.1, 0.15) is 352 Å². The fourth-order valence-electron chi connectivity index (χ4n) is 8.00. The molecule has 73 heavy (non-hydrogen) atoms. The largest absolute Gasteiger partial charge is 0.306 e. The van der Waals surface area contributed by atoms with Crippen LogP contribution >= 0.6 is 11.8 Å². The van der Waals surface area contributed by atoms with Crippen molar-refractivity contribution in [3.05, 3.63) is 0 Å². The first-order valence-corrected chi connectivity index (χ1v) is 35.3. The number of thioether (sulfide) groups is 1. The van der Waals surface area contributed by atoms with Gasteiger partial charge in [0.1, 0.15) is 0 Å². The number of hydrogen-bond acceptors (Lipinski definition) is 4. The summed E-state index contributed by atoms with van der Waals surface area (Å²) in [6.45, 7) is 57.9. The van der Waals surface area contributed by atoms with Crippen molar-refractivity contribution in [1.29, 1.82) is 0 Å². The van der Waals surface area contributed by atoms with E-state index < -0.39 is 0 Å². The van der Waals surface area contributed by atoms with Crippen molar-refractivity contribution >= 4 is 11.8 Å². The fourth-order valence-corrected chi connectivity index (χ4v) is 9.11. The molecule has 3 nitrogen and oxygen atoms in total. The molecule has 4 heterocycles. The van der Waals surface area contributed by atoms with Crippen molar-refractivity contribution in [2.24, 2.45) is 29.6 Å². The normalized spacial score (nSPS) is 20.7. The SMILES string of the molecule is CC.CC.CC.CC.CC.CC.CC.CC.CC.CC1CC1.CC1CCC1.CC1CCCC1.CC1CCCCC1.CC1CCCCCC1.CC1CCCCS1.CN1CCC1.CN1CCCC1.CN1CCCCC1. The highest BCUT2D eigenvalue weighted by Gasteiger charge is 2.13. The topological polar surface area (TPSA) is 9.72 Å². The van der Waals surface area contributed by atoms with Gasteiger partial charge in [0.2, 0.25) is 0 Å². The molecule has 1 unspecified atom stereocenters. The van der Waals surface area contributed by atoms with Crippen molar-refractivity contribution in [2.45, 2.75) is 358 Å². The van der Waals surface area contributed by atoms with E-state index in [1.54, 1.807) is 0 Å². The zero-order valence-corrected chi connectivity index (χ0v) is 58.5. The van der Waals surface area contributed by atoms with Crippen molar-refractivity contribution in [1.82, 2.24) is 14.7 Å². The first kappa shape index (κ1) is 92.6. The molecule has 0 spiro atoms. The van der Waals surface area contributed by atoms with Gasteiger partial charge in [-0.15, -0.1) is 0 Å². The van der Waals surface area contributed by atoms with Crippen molar-refractivity contribution < 1.29 is 0 Å². The van der Waals surface area contributed by atoms with Gasteiger partial charge < -0.3 is 14.7 Å². The van der Waals surface area contributed by atoms with Gasteiger partial charge in [-0.3, -0.25) is 0 Å². The van der Waals surface area contributed by atoms with E-state index in [0.29, 0.717) is 0 Å². The third kappa shape index (κ3) is 92.0. The molecule has 0 aromatic carbocycles. The average molecular weight is 1060 g/mol. The van der Waals surface area contributed by atoms with Gasteiger partial charge in [-0.25, -0.2) is 0 Å². The molecule has 9 fully saturated rings. The molecule has 0 aromatic rings. The summed E-state index contributed by atoms with van der Waals surface area (Å²) in [7, 11) is 6.51. The molecule has 9 rings (SSSR count). The Morgan fingerprint density at radius 3 is 0.548 bits per heavy atom. The van der Waals surface area contributed by atoms with Crippen LogP contribution in [0.5, 0.6) is 0 Å². The summed E-state index contributed by atoms with van der Waals surface area (Å²) in [5, 5.41) is 0.953. The molecule has 0 aromatic heterocycles. The maximum absolute atomic E-state index is 2.39. The molecular formula is C69H159N3S. The highest BCUT2D eigenvalue weighted by molar-refractivity contribution is 7.99. The predicted molar refractivity (Wildman–Crippen MR) is 356 cm³/mol. The van der Waals surface area contributed by atoms with Gasteiger partial charge in [0.05, 0.1) is 0 Å². The predicted octanol–water partition coefficient (Wildman–Crippen LogP) is 24.6. The summed E-state index contributed by atoms with van der Waals surface area (Å²) < 4.78 is 0. The second-order valence-electron chi connectivity index (χ2n) is 20.2. The summed E-state index contributed by atoms with van der Waals surface area (Å²) in [6, 6.07) is 0. The van der Waals surface area contributed by atoms with Gasteiger partial charge in [-0.05, 0) is 141 Å². The minimum Gasteiger partial charge on any atom is -0.306 e. The van der Waals surface area contributed by atoms with E-state index in [1.165, 1.54) is 231 Å². The molecule has 1 atom stereocenters. The molecule has 0 bridgehead atoms.